The summed E-state index contributed by atoms with van der Waals surface area (Å²) in [5.74, 6) is -0.581. The summed E-state index contributed by atoms with van der Waals surface area (Å²) in [6, 6.07) is 0. The summed E-state index contributed by atoms with van der Waals surface area (Å²) in [6.07, 6.45) is 44.2. The molecule has 0 rings (SSSR count). The van der Waals surface area contributed by atoms with Crippen molar-refractivity contribution in [1.82, 2.24) is 0 Å². The van der Waals surface area contributed by atoms with Gasteiger partial charge in [-0.1, -0.05) is 187 Å². The Labute approximate surface area is 292 Å². The smallest absolute Gasteiger partial charge is 0.306 e. The van der Waals surface area contributed by atoms with Crippen molar-refractivity contribution in [2.45, 2.75) is 232 Å². The molecule has 0 aliphatic heterocycles. The van der Waals surface area contributed by atoms with E-state index < -0.39 is 6.10 Å². The van der Waals surface area contributed by atoms with Crippen LogP contribution in [0.3, 0.4) is 0 Å². The molecule has 47 heavy (non-hydrogen) atoms. The van der Waals surface area contributed by atoms with Crippen LogP contribution in [0.5, 0.6) is 0 Å². The van der Waals surface area contributed by atoms with E-state index in [1.165, 1.54) is 161 Å². The maximum atomic E-state index is 12.1. The predicted octanol–water partition coefficient (Wildman–Crippen LogP) is 12.9. The topological polar surface area (TPSA) is 72.8 Å². The van der Waals surface area contributed by atoms with Crippen molar-refractivity contribution >= 4 is 11.9 Å². The number of allylic oxidation sites excluding steroid dienone is 2. The Bertz CT molecular complexity index is 676. The van der Waals surface area contributed by atoms with Crippen LogP contribution in [-0.4, -0.2) is 36.4 Å². The minimum atomic E-state index is -0.764. The van der Waals surface area contributed by atoms with Gasteiger partial charge in [0.15, 0.2) is 6.10 Å². The van der Waals surface area contributed by atoms with Gasteiger partial charge in [-0.15, -0.1) is 0 Å². The largest absolute Gasteiger partial charge is 0.462 e. The lowest BCUT2D eigenvalue weighted by Crippen LogP contribution is -2.28. The highest BCUT2D eigenvalue weighted by Gasteiger charge is 2.16. The lowest BCUT2D eigenvalue weighted by Gasteiger charge is -2.15. The fourth-order valence-corrected chi connectivity index (χ4v) is 6.14. The highest BCUT2D eigenvalue weighted by Crippen LogP contribution is 2.15. The van der Waals surface area contributed by atoms with Gasteiger partial charge in [0, 0.05) is 12.8 Å². The van der Waals surface area contributed by atoms with E-state index in [9.17, 15) is 14.7 Å². The third-order valence-electron chi connectivity index (χ3n) is 9.31. The first kappa shape index (κ1) is 45.6. The van der Waals surface area contributed by atoms with Gasteiger partial charge in [0.2, 0.25) is 0 Å². The number of hydrogen-bond acceptors (Lipinski definition) is 5. The Morgan fingerprint density at radius 2 is 0.787 bits per heavy atom. The number of ether oxygens (including phenoxy) is 2. The van der Waals surface area contributed by atoms with Crippen LogP contribution in [0.15, 0.2) is 12.2 Å². The fourth-order valence-electron chi connectivity index (χ4n) is 6.14. The molecule has 0 aromatic heterocycles. The van der Waals surface area contributed by atoms with Crippen LogP contribution in [0.25, 0.3) is 0 Å². The van der Waals surface area contributed by atoms with Gasteiger partial charge in [-0.05, 0) is 38.5 Å². The molecule has 278 valence electrons. The average Bonchev–Trinajstić information content (AvgIpc) is 3.07. The minimum absolute atomic E-state index is 0.0600. The number of carbonyl (C=O) groups excluding carboxylic acids is 2. The van der Waals surface area contributed by atoms with E-state index in [0.717, 1.165) is 38.5 Å². The molecule has 0 amide bonds. The van der Waals surface area contributed by atoms with Crippen LogP contribution in [0, 0.1) is 0 Å². The number of carbonyl (C=O) groups is 2. The summed E-state index contributed by atoms with van der Waals surface area (Å²) in [5, 5.41) is 9.55. The maximum absolute atomic E-state index is 12.1. The number of hydrogen-bond donors (Lipinski definition) is 1. The second kappa shape index (κ2) is 39.1. The molecule has 0 radical (unpaired) electrons. The van der Waals surface area contributed by atoms with Crippen LogP contribution in [0.4, 0.5) is 0 Å². The van der Waals surface area contributed by atoms with Crippen molar-refractivity contribution in [2.24, 2.45) is 0 Å². The van der Waals surface area contributed by atoms with Gasteiger partial charge >= 0.3 is 11.9 Å². The summed E-state index contributed by atoms with van der Waals surface area (Å²) >= 11 is 0. The standard InChI is InChI=1S/C42H80O5/c1-3-5-7-9-11-13-15-17-18-19-20-21-22-23-24-25-27-28-30-32-34-36-41(44)46-39-40(38-43)47-42(45)37-35-33-31-29-26-16-14-12-10-8-6-4-2/h17-18,40,43H,3-16,19-39H2,1-2H3. The van der Waals surface area contributed by atoms with Crippen LogP contribution in [0.2, 0.25) is 0 Å². The molecule has 0 spiro atoms. The summed E-state index contributed by atoms with van der Waals surface area (Å²) in [4.78, 5) is 24.2. The summed E-state index contributed by atoms with van der Waals surface area (Å²) in [6.45, 7) is 4.15. The van der Waals surface area contributed by atoms with E-state index in [1.807, 2.05) is 0 Å². The molecule has 0 saturated heterocycles. The van der Waals surface area contributed by atoms with Gasteiger partial charge in [0.05, 0.1) is 6.61 Å². The number of rotatable bonds is 38. The van der Waals surface area contributed by atoms with Crippen molar-refractivity contribution in [3.8, 4) is 0 Å². The normalized spacial score (nSPS) is 12.1. The van der Waals surface area contributed by atoms with Crippen molar-refractivity contribution in [3.63, 3.8) is 0 Å². The Morgan fingerprint density at radius 3 is 1.15 bits per heavy atom. The SMILES string of the molecule is CCCCCCCCC=CCCCCCCCCCCCCCC(=O)OCC(CO)OC(=O)CCCCCCCCCCCCCC. The Kier molecular flexibility index (Phi) is 38.0. The molecule has 0 fully saturated rings. The van der Waals surface area contributed by atoms with E-state index in [-0.39, 0.29) is 25.2 Å². The average molecular weight is 665 g/mol. The molecule has 1 atom stereocenters. The summed E-state index contributed by atoms with van der Waals surface area (Å²) in [5.41, 5.74) is 0. The molecule has 0 heterocycles. The molecule has 0 saturated carbocycles. The maximum Gasteiger partial charge on any atom is 0.306 e. The van der Waals surface area contributed by atoms with E-state index >= 15 is 0 Å². The van der Waals surface area contributed by atoms with E-state index in [4.69, 9.17) is 9.47 Å². The van der Waals surface area contributed by atoms with E-state index in [0.29, 0.717) is 12.8 Å². The zero-order valence-corrected chi connectivity index (χ0v) is 31.6. The molecule has 1 unspecified atom stereocenters. The third-order valence-corrected chi connectivity index (χ3v) is 9.31. The number of aliphatic hydroxyl groups is 1. The fraction of sp³-hybridized carbons (Fsp3) is 0.905. The third kappa shape index (κ3) is 37.3. The highest BCUT2D eigenvalue weighted by atomic mass is 16.6. The van der Waals surface area contributed by atoms with Crippen molar-refractivity contribution in [3.05, 3.63) is 12.2 Å². The van der Waals surface area contributed by atoms with Crippen molar-refractivity contribution in [1.29, 1.82) is 0 Å². The van der Waals surface area contributed by atoms with Gasteiger partial charge in [-0.25, -0.2) is 0 Å². The van der Waals surface area contributed by atoms with Crippen molar-refractivity contribution in [2.75, 3.05) is 13.2 Å². The van der Waals surface area contributed by atoms with Crippen LogP contribution < -0.4 is 0 Å². The molecule has 5 nitrogen and oxygen atoms in total. The van der Waals surface area contributed by atoms with Gasteiger partial charge in [-0.2, -0.15) is 0 Å². The van der Waals surface area contributed by atoms with Crippen LogP contribution in [-0.2, 0) is 19.1 Å². The van der Waals surface area contributed by atoms with Gasteiger partial charge in [-0.3, -0.25) is 9.59 Å². The zero-order chi connectivity index (χ0) is 34.3. The minimum Gasteiger partial charge on any atom is -0.462 e. The zero-order valence-electron chi connectivity index (χ0n) is 31.6. The number of esters is 2. The monoisotopic (exact) mass is 665 g/mol. The van der Waals surface area contributed by atoms with E-state index in [2.05, 4.69) is 26.0 Å². The quantitative estimate of drug-likeness (QED) is 0.0404. The van der Waals surface area contributed by atoms with Gasteiger partial charge in [0.25, 0.3) is 0 Å². The Hall–Kier alpha value is -1.36. The molecule has 5 heteroatoms. The lowest BCUT2D eigenvalue weighted by molar-refractivity contribution is -0.161. The number of unbranched alkanes of at least 4 members (excludes halogenated alkanes) is 28. The summed E-state index contributed by atoms with van der Waals surface area (Å²) < 4.78 is 10.6. The second-order valence-electron chi connectivity index (χ2n) is 14.1. The Balaban J connectivity index is 3.48. The van der Waals surface area contributed by atoms with Crippen molar-refractivity contribution < 1.29 is 24.2 Å². The van der Waals surface area contributed by atoms with Gasteiger partial charge < -0.3 is 14.6 Å². The predicted molar refractivity (Wildman–Crippen MR) is 201 cm³/mol. The molecule has 0 aliphatic rings. The first-order chi connectivity index (χ1) is 23.1. The molecule has 0 aliphatic carbocycles. The molecule has 0 aromatic carbocycles. The van der Waals surface area contributed by atoms with Crippen LogP contribution >= 0.6 is 0 Å². The first-order valence-electron chi connectivity index (χ1n) is 20.7. The molecule has 1 N–H and O–H groups in total. The lowest BCUT2D eigenvalue weighted by atomic mass is 10.0. The first-order valence-corrected chi connectivity index (χ1v) is 20.7. The number of aliphatic hydroxyl groups excluding tert-OH is 1. The molecular weight excluding hydrogens is 584 g/mol. The Morgan fingerprint density at radius 1 is 0.468 bits per heavy atom. The molecular formula is C42H80O5. The molecule has 0 bridgehead atoms. The molecule has 0 aromatic rings. The van der Waals surface area contributed by atoms with Gasteiger partial charge in [0.1, 0.15) is 6.61 Å². The summed E-state index contributed by atoms with van der Waals surface area (Å²) in [7, 11) is 0. The van der Waals surface area contributed by atoms with Crippen LogP contribution in [0.1, 0.15) is 226 Å². The highest BCUT2D eigenvalue weighted by molar-refractivity contribution is 5.70. The second-order valence-corrected chi connectivity index (χ2v) is 14.1. The van der Waals surface area contributed by atoms with E-state index in [1.54, 1.807) is 0 Å².